The Morgan fingerprint density at radius 1 is 1.00 bits per heavy atom. The Balaban J connectivity index is 2.95. The maximum atomic E-state index is 11.3. The lowest BCUT2D eigenvalue weighted by Gasteiger charge is -1.89. The van der Waals surface area contributed by atoms with E-state index in [1.165, 1.54) is 18.2 Å². The van der Waals surface area contributed by atoms with Crippen molar-refractivity contribution >= 4 is 11.6 Å². The van der Waals surface area contributed by atoms with Crippen molar-refractivity contribution < 1.29 is 8.96 Å². The Morgan fingerprint density at radius 2 is 1.50 bits per heavy atom. The Kier molecular flexibility index (Phi) is 2.88. The van der Waals surface area contributed by atoms with E-state index < -0.39 is 0 Å². The minimum atomic E-state index is 0.00222. The van der Waals surface area contributed by atoms with Crippen LogP contribution >= 0.6 is 0 Å². The molecule has 12 heavy (non-hydrogen) atoms. The lowest BCUT2D eigenvalue weighted by atomic mass is 10.4. The SMILES string of the molecule is FN=Nc1cccc(N=NF)n1. The third-order valence-corrected chi connectivity index (χ3v) is 1.00. The smallest absolute Gasteiger partial charge is 0.179 e. The summed E-state index contributed by atoms with van der Waals surface area (Å²) in [5.74, 6) is 0.00444. The zero-order valence-corrected chi connectivity index (χ0v) is 5.72. The first-order valence-electron chi connectivity index (χ1n) is 2.88. The van der Waals surface area contributed by atoms with Gasteiger partial charge in [0.1, 0.15) is 0 Å². The normalized spacial score (nSPS) is 11.5. The summed E-state index contributed by atoms with van der Waals surface area (Å²) < 4.78 is 22.6. The van der Waals surface area contributed by atoms with Crippen LogP contribution in [0.1, 0.15) is 0 Å². The van der Waals surface area contributed by atoms with Gasteiger partial charge in [0.25, 0.3) is 0 Å². The van der Waals surface area contributed by atoms with E-state index in [2.05, 4.69) is 15.2 Å². The Morgan fingerprint density at radius 3 is 1.92 bits per heavy atom. The molecular formula is C5H3F2N5. The second-order valence-electron chi connectivity index (χ2n) is 1.71. The highest BCUT2D eigenvalue weighted by Gasteiger charge is 1.93. The number of rotatable bonds is 2. The maximum Gasteiger partial charge on any atom is 0.179 e. The minimum Gasteiger partial charge on any atom is -0.206 e. The molecule has 1 aromatic rings. The summed E-state index contributed by atoms with van der Waals surface area (Å²) in [5.41, 5.74) is 0. The molecule has 0 saturated carbocycles. The Bertz CT molecular complexity index is 283. The van der Waals surface area contributed by atoms with Crippen molar-refractivity contribution in [1.82, 2.24) is 4.98 Å². The summed E-state index contributed by atoms with van der Waals surface area (Å²) >= 11 is 0. The van der Waals surface area contributed by atoms with E-state index in [0.29, 0.717) is 0 Å². The van der Waals surface area contributed by atoms with Gasteiger partial charge in [-0.15, -0.1) is 10.2 Å². The number of hydrogen-bond donors (Lipinski definition) is 0. The molecule has 0 amide bonds. The third kappa shape index (κ3) is 2.11. The van der Waals surface area contributed by atoms with Crippen LogP contribution in [-0.4, -0.2) is 4.98 Å². The van der Waals surface area contributed by atoms with Crippen LogP contribution in [-0.2, 0) is 0 Å². The van der Waals surface area contributed by atoms with Gasteiger partial charge in [0.15, 0.2) is 11.6 Å². The fourth-order valence-electron chi connectivity index (χ4n) is 0.601. The second-order valence-corrected chi connectivity index (χ2v) is 1.71. The molecule has 7 heteroatoms. The molecular weight excluding hydrogens is 168 g/mol. The van der Waals surface area contributed by atoms with Gasteiger partial charge in [0.05, 0.1) is 0 Å². The molecule has 0 aliphatic heterocycles. The summed E-state index contributed by atoms with van der Waals surface area (Å²) in [6.07, 6.45) is 0. The lowest BCUT2D eigenvalue weighted by molar-refractivity contribution is 0.489. The van der Waals surface area contributed by atoms with E-state index in [1.807, 2.05) is 10.7 Å². The summed E-state index contributed by atoms with van der Waals surface area (Å²) in [6.45, 7) is 0. The zero-order chi connectivity index (χ0) is 8.81. The van der Waals surface area contributed by atoms with Crippen LogP contribution in [0.4, 0.5) is 20.6 Å². The van der Waals surface area contributed by atoms with Gasteiger partial charge in [-0.25, -0.2) is 4.98 Å². The van der Waals surface area contributed by atoms with E-state index in [9.17, 15) is 8.96 Å². The number of hydrogen-bond acceptors (Lipinski definition) is 5. The molecule has 0 aromatic carbocycles. The first-order chi connectivity index (χ1) is 5.86. The van der Waals surface area contributed by atoms with Crippen molar-refractivity contribution in [3.8, 4) is 0 Å². The third-order valence-electron chi connectivity index (χ3n) is 1.00. The molecule has 0 spiro atoms. The summed E-state index contributed by atoms with van der Waals surface area (Å²) in [5, 5.41) is 9.95. The van der Waals surface area contributed by atoms with Crippen molar-refractivity contribution in [3.05, 3.63) is 18.2 Å². The summed E-state index contributed by atoms with van der Waals surface area (Å²) in [7, 11) is 0. The molecule has 0 aliphatic carbocycles. The van der Waals surface area contributed by atoms with Crippen LogP contribution in [0.15, 0.2) is 39.1 Å². The largest absolute Gasteiger partial charge is 0.206 e. The molecule has 1 rings (SSSR count). The van der Waals surface area contributed by atoms with Crippen molar-refractivity contribution in [2.24, 2.45) is 20.9 Å². The maximum absolute atomic E-state index is 11.3. The molecule has 0 bridgehead atoms. The first-order valence-corrected chi connectivity index (χ1v) is 2.88. The van der Waals surface area contributed by atoms with Gasteiger partial charge in [0.2, 0.25) is 0 Å². The molecule has 0 fully saturated rings. The predicted molar refractivity (Wildman–Crippen MR) is 35.5 cm³/mol. The average molecular weight is 171 g/mol. The van der Waals surface area contributed by atoms with Gasteiger partial charge in [-0.3, -0.25) is 0 Å². The highest BCUT2D eigenvalue weighted by atomic mass is 19.2. The van der Waals surface area contributed by atoms with Crippen molar-refractivity contribution in [2.45, 2.75) is 0 Å². The van der Waals surface area contributed by atoms with Crippen molar-refractivity contribution in [2.75, 3.05) is 0 Å². The topological polar surface area (TPSA) is 62.3 Å². The highest BCUT2D eigenvalue weighted by Crippen LogP contribution is 2.15. The zero-order valence-electron chi connectivity index (χ0n) is 5.72. The molecule has 0 atom stereocenters. The number of halogens is 2. The first kappa shape index (κ1) is 8.31. The van der Waals surface area contributed by atoms with Gasteiger partial charge in [0, 0.05) is 10.7 Å². The monoisotopic (exact) mass is 171 g/mol. The van der Waals surface area contributed by atoms with E-state index in [4.69, 9.17) is 0 Å². The van der Waals surface area contributed by atoms with Crippen LogP contribution in [0, 0.1) is 0 Å². The molecule has 0 N–H and O–H groups in total. The van der Waals surface area contributed by atoms with E-state index >= 15 is 0 Å². The summed E-state index contributed by atoms with van der Waals surface area (Å²) in [6, 6.07) is 4.25. The van der Waals surface area contributed by atoms with E-state index in [1.54, 1.807) is 0 Å². The van der Waals surface area contributed by atoms with E-state index in [0.717, 1.165) is 0 Å². The van der Waals surface area contributed by atoms with Gasteiger partial charge >= 0.3 is 0 Å². The molecule has 5 nitrogen and oxygen atoms in total. The quantitative estimate of drug-likeness (QED) is 0.630. The number of aromatic nitrogens is 1. The van der Waals surface area contributed by atoms with Crippen molar-refractivity contribution in [1.29, 1.82) is 0 Å². The number of nitrogens with zero attached hydrogens (tertiary/aromatic N) is 5. The molecule has 1 heterocycles. The lowest BCUT2D eigenvalue weighted by Crippen LogP contribution is -1.71. The molecule has 0 aliphatic rings. The summed E-state index contributed by atoms with van der Waals surface area (Å²) in [4.78, 5) is 3.55. The minimum absolute atomic E-state index is 0.00222. The average Bonchev–Trinajstić information content (AvgIpc) is 2.06. The van der Waals surface area contributed by atoms with Gasteiger partial charge in [-0.05, 0) is 12.1 Å². The molecule has 62 valence electrons. The molecule has 1 aromatic heterocycles. The standard InChI is InChI=1S/C5H3F2N5/c6-11-9-4-2-1-3-5(8-4)10-12-7/h1-3H. The second kappa shape index (κ2) is 4.16. The van der Waals surface area contributed by atoms with Crippen LogP contribution in [0.5, 0.6) is 0 Å². The molecule has 0 radical (unpaired) electrons. The van der Waals surface area contributed by atoms with Crippen molar-refractivity contribution in [3.63, 3.8) is 0 Å². The van der Waals surface area contributed by atoms with Crippen LogP contribution < -0.4 is 0 Å². The predicted octanol–water partition coefficient (Wildman–Crippen LogP) is 3.02. The molecule has 0 saturated heterocycles. The van der Waals surface area contributed by atoms with E-state index in [-0.39, 0.29) is 11.6 Å². The van der Waals surface area contributed by atoms with Crippen LogP contribution in [0.2, 0.25) is 0 Å². The fourth-order valence-corrected chi connectivity index (χ4v) is 0.601. The Labute approximate surface area is 65.7 Å². The fraction of sp³-hybridized carbons (Fsp3) is 0. The van der Waals surface area contributed by atoms with Gasteiger partial charge in [-0.2, -0.15) is 0 Å². The number of pyridine rings is 1. The highest BCUT2D eigenvalue weighted by molar-refractivity contribution is 5.36. The Hall–Kier alpha value is -1.79. The van der Waals surface area contributed by atoms with Gasteiger partial charge < -0.3 is 0 Å². The van der Waals surface area contributed by atoms with Crippen LogP contribution in [0.25, 0.3) is 0 Å². The molecule has 0 unspecified atom stereocenters. The van der Waals surface area contributed by atoms with Crippen LogP contribution in [0.3, 0.4) is 0 Å². The van der Waals surface area contributed by atoms with Gasteiger partial charge in [-0.1, -0.05) is 15.0 Å².